The quantitative estimate of drug-likeness (QED) is 0.329. The zero-order valence-electron chi connectivity index (χ0n) is 17.8. The van der Waals surface area contributed by atoms with Crippen molar-refractivity contribution in [3.8, 4) is 0 Å². The molecule has 2 N–H and O–H groups in total. The van der Waals surface area contributed by atoms with Gasteiger partial charge in [0.25, 0.3) is 0 Å². The zero-order chi connectivity index (χ0) is 21.5. The summed E-state index contributed by atoms with van der Waals surface area (Å²) < 4.78 is 0. The van der Waals surface area contributed by atoms with E-state index in [1.807, 2.05) is 43.1 Å². The number of rotatable bonds is 8. The van der Waals surface area contributed by atoms with E-state index in [0.29, 0.717) is 18.7 Å². The molecule has 0 unspecified atom stereocenters. The minimum atomic E-state index is 0.0442. The van der Waals surface area contributed by atoms with Gasteiger partial charge in [0.1, 0.15) is 0 Å². The molecule has 30 heavy (non-hydrogen) atoms. The maximum absolute atomic E-state index is 9.80. The third-order valence-electron chi connectivity index (χ3n) is 5.48. The third kappa shape index (κ3) is 5.05. The maximum Gasteiger partial charge on any atom is 0.0878 e. The molecule has 0 saturated heterocycles. The highest BCUT2D eigenvalue weighted by Crippen LogP contribution is 2.33. The molecule has 0 fully saturated rings. The van der Waals surface area contributed by atoms with Crippen LogP contribution in [0.4, 0.5) is 5.69 Å². The molecule has 5 heteroatoms. The second-order valence-electron chi connectivity index (χ2n) is 7.58. The number of aliphatic hydroxyl groups is 1. The van der Waals surface area contributed by atoms with Gasteiger partial charge in [0.2, 0.25) is 0 Å². The lowest BCUT2D eigenvalue weighted by Gasteiger charge is -2.23. The molecule has 2 aromatic carbocycles. The average molecular weight is 404 g/mol. The Morgan fingerprint density at radius 2 is 1.80 bits per heavy atom. The number of anilines is 1. The first-order chi connectivity index (χ1) is 14.5. The summed E-state index contributed by atoms with van der Waals surface area (Å²) in [7, 11) is 1.96. The van der Waals surface area contributed by atoms with Crippen molar-refractivity contribution in [1.82, 2.24) is 4.98 Å². The summed E-state index contributed by atoms with van der Waals surface area (Å²) in [4.78, 5) is 6.27. The van der Waals surface area contributed by atoms with Gasteiger partial charge in [-0.2, -0.15) is 0 Å². The minimum absolute atomic E-state index is 0.0442. The van der Waals surface area contributed by atoms with Gasteiger partial charge in [0.15, 0.2) is 0 Å². The van der Waals surface area contributed by atoms with Crippen molar-refractivity contribution in [3.63, 3.8) is 0 Å². The fourth-order valence-corrected chi connectivity index (χ4v) is 3.76. The summed E-state index contributed by atoms with van der Waals surface area (Å²) >= 11 is 0. The third-order valence-corrected chi connectivity index (χ3v) is 5.48. The van der Waals surface area contributed by atoms with Crippen LogP contribution in [-0.4, -0.2) is 41.2 Å². The lowest BCUT2D eigenvalue weighted by atomic mass is 9.83. The van der Waals surface area contributed by atoms with Crippen LogP contribution in [0.5, 0.6) is 0 Å². The van der Waals surface area contributed by atoms with Crippen molar-refractivity contribution >= 4 is 11.4 Å². The van der Waals surface area contributed by atoms with Crippen molar-refractivity contribution in [2.45, 2.75) is 26.2 Å². The molecule has 0 aliphatic carbocycles. The summed E-state index contributed by atoms with van der Waals surface area (Å²) in [6, 6.07) is 20.5. The summed E-state index contributed by atoms with van der Waals surface area (Å²) in [6.07, 6.45) is 2.31. The standard InChI is InChI=1S/C25H29N3O2/c1-18-6-4-5-7-23(18)24(17-25(27-30)21-12-13-26-19(2)16-21)20-8-10-22(11-9-20)28(3)14-15-29/h4-13,16,24,29-30H,14-15,17H2,1-3H3/b27-25+/t24-/m1/s1. The van der Waals surface area contributed by atoms with Gasteiger partial charge in [-0.25, -0.2) is 0 Å². The van der Waals surface area contributed by atoms with Crippen molar-refractivity contribution in [2.75, 3.05) is 25.1 Å². The smallest absolute Gasteiger partial charge is 0.0878 e. The second-order valence-corrected chi connectivity index (χ2v) is 7.58. The normalized spacial score (nSPS) is 12.6. The fraction of sp³-hybridized carbons (Fsp3) is 0.280. The number of hydrogen-bond acceptors (Lipinski definition) is 5. The van der Waals surface area contributed by atoms with Crippen LogP contribution in [-0.2, 0) is 0 Å². The Labute approximate surface area is 178 Å². The highest BCUT2D eigenvalue weighted by atomic mass is 16.4. The molecule has 3 rings (SSSR count). The predicted octanol–water partition coefficient (Wildman–Crippen LogP) is 4.53. The van der Waals surface area contributed by atoms with E-state index in [0.717, 1.165) is 22.5 Å². The lowest BCUT2D eigenvalue weighted by molar-refractivity contribution is 0.304. The van der Waals surface area contributed by atoms with Crippen LogP contribution in [0, 0.1) is 13.8 Å². The van der Waals surface area contributed by atoms with Crippen molar-refractivity contribution in [2.24, 2.45) is 5.16 Å². The number of likely N-dealkylation sites (N-methyl/N-ethyl adjacent to an activating group) is 1. The zero-order valence-corrected chi connectivity index (χ0v) is 17.8. The van der Waals surface area contributed by atoms with E-state index < -0.39 is 0 Å². The number of hydrogen-bond donors (Lipinski definition) is 2. The van der Waals surface area contributed by atoms with Crippen molar-refractivity contribution < 1.29 is 10.3 Å². The van der Waals surface area contributed by atoms with E-state index in [2.05, 4.69) is 53.5 Å². The highest BCUT2D eigenvalue weighted by Gasteiger charge is 2.20. The molecule has 156 valence electrons. The number of benzene rings is 2. The molecular formula is C25H29N3O2. The fourth-order valence-electron chi connectivity index (χ4n) is 3.76. The van der Waals surface area contributed by atoms with Crippen LogP contribution < -0.4 is 4.90 Å². The minimum Gasteiger partial charge on any atom is -0.411 e. The molecule has 5 nitrogen and oxygen atoms in total. The Kier molecular flexibility index (Phi) is 7.20. The van der Waals surface area contributed by atoms with Crippen LogP contribution in [0.2, 0.25) is 0 Å². The summed E-state index contributed by atoms with van der Waals surface area (Å²) in [5.41, 5.74) is 7.01. The topological polar surface area (TPSA) is 69.0 Å². The Bertz CT molecular complexity index is 999. The van der Waals surface area contributed by atoms with E-state index in [-0.39, 0.29) is 12.5 Å². The monoisotopic (exact) mass is 403 g/mol. The van der Waals surface area contributed by atoms with Crippen LogP contribution in [0.15, 0.2) is 72.0 Å². The number of aromatic nitrogens is 1. The van der Waals surface area contributed by atoms with Gasteiger partial charge >= 0.3 is 0 Å². The van der Waals surface area contributed by atoms with Gasteiger partial charge in [-0.15, -0.1) is 0 Å². The number of aryl methyl sites for hydroxylation is 2. The van der Waals surface area contributed by atoms with Gasteiger partial charge < -0.3 is 15.2 Å². The summed E-state index contributed by atoms with van der Waals surface area (Å²) in [5.74, 6) is 0.0442. The van der Waals surface area contributed by atoms with E-state index in [9.17, 15) is 10.3 Å². The van der Waals surface area contributed by atoms with Gasteiger partial charge in [-0.3, -0.25) is 4.98 Å². The van der Waals surface area contributed by atoms with Crippen LogP contribution in [0.3, 0.4) is 0 Å². The van der Waals surface area contributed by atoms with Gasteiger partial charge in [-0.1, -0.05) is 41.6 Å². The molecule has 1 aromatic heterocycles. The summed E-state index contributed by atoms with van der Waals surface area (Å²) in [5, 5.41) is 22.6. The molecule has 0 aliphatic heterocycles. The Morgan fingerprint density at radius 1 is 1.07 bits per heavy atom. The molecule has 0 spiro atoms. The van der Waals surface area contributed by atoms with Gasteiger partial charge in [0, 0.05) is 49.1 Å². The Morgan fingerprint density at radius 3 is 2.43 bits per heavy atom. The highest BCUT2D eigenvalue weighted by molar-refractivity contribution is 6.01. The predicted molar refractivity (Wildman–Crippen MR) is 122 cm³/mol. The number of oxime groups is 1. The molecule has 0 saturated carbocycles. The molecule has 1 heterocycles. The molecule has 0 radical (unpaired) electrons. The average Bonchev–Trinajstić information content (AvgIpc) is 2.76. The Hall–Kier alpha value is -3.18. The number of aliphatic hydroxyl groups excluding tert-OH is 1. The lowest BCUT2D eigenvalue weighted by Crippen LogP contribution is -2.21. The second kappa shape index (κ2) is 10.0. The molecule has 1 atom stereocenters. The van der Waals surface area contributed by atoms with Crippen LogP contribution in [0.25, 0.3) is 0 Å². The molecular weight excluding hydrogens is 374 g/mol. The first-order valence-corrected chi connectivity index (χ1v) is 10.1. The molecule has 3 aromatic rings. The number of pyridine rings is 1. The van der Waals surface area contributed by atoms with Gasteiger partial charge in [-0.05, 0) is 54.8 Å². The largest absolute Gasteiger partial charge is 0.411 e. The van der Waals surface area contributed by atoms with Crippen LogP contribution >= 0.6 is 0 Å². The SMILES string of the molecule is Cc1cc(/C(C[C@H](c2ccc(N(C)CCO)cc2)c2ccccc2C)=N/O)ccn1. The van der Waals surface area contributed by atoms with Gasteiger partial charge in [0.05, 0.1) is 12.3 Å². The molecule has 0 aliphatic rings. The van der Waals surface area contributed by atoms with E-state index in [1.54, 1.807) is 6.20 Å². The summed E-state index contributed by atoms with van der Waals surface area (Å²) in [6.45, 7) is 4.74. The van der Waals surface area contributed by atoms with Crippen molar-refractivity contribution in [3.05, 3.63) is 94.8 Å². The number of nitrogens with zero attached hydrogens (tertiary/aromatic N) is 3. The van der Waals surface area contributed by atoms with E-state index in [1.165, 1.54) is 11.1 Å². The van der Waals surface area contributed by atoms with Crippen molar-refractivity contribution in [1.29, 1.82) is 0 Å². The van der Waals surface area contributed by atoms with Crippen LogP contribution in [0.1, 0.15) is 40.3 Å². The molecule has 0 amide bonds. The first kappa shape index (κ1) is 21.5. The maximum atomic E-state index is 9.80. The Balaban J connectivity index is 1.98. The van der Waals surface area contributed by atoms with E-state index in [4.69, 9.17) is 0 Å². The molecule has 0 bridgehead atoms. The van der Waals surface area contributed by atoms with E-state index >= 15 is 0 Å². The first-order valence-electron chi connectivity index (χ1n) is 10.1.